The number of aliphatic carboxylic acids is 1. The summed E-state index contributed by atoms with van der Waals surface area (Å²) in [7, 11) is 4.84. The van der Waals surface area contributed by atoms with Gasteiger partial charge in [0, 0.05) is 17.9 Å². The van der Waals surface area contributed by atoms with E-state index in [0.29, 0.717) is 5.92 Å². The number of carboxylic acids is 1. The predicted molar refractivity (Wildman–Crippen MR) is 201 cm³/mol. The van der Waals surface area contributed by atoms with Crippen LogP contribution in [-0.4, -0.2) is 55.4 Å². The zero-order valence-electron chi connectivity index (χ0n) is 32.3. The van der Waals surface area contributed by atoms with Crippen LogP contribution in [0.25, 0.3) is 0 Å². The van der Waals surface area contributed by atoms with Gasteiger partial charge < -0.3 is 25.2 Å². The molecule has 0 fully saturated rings. The van der Waals surface area contributed by atoms with Crippen molar-refractivity contribution in [2.24, 2.45) is 11.7 Å². The first-order chi connectivity index (χ1) is 22.2. The van der Waals surface area contributed by atoms with Crippen LogP contribution in [0.3, 0.4) is 0 Å². The van der Waals surface area contributed by atoms with Gasteiger partial charge in [-0.2, -0.15) is 0 Å². The largest absolute Gasteiger partial charge is 0.550 e. The molecule has 0 bridgehead atoms. The molecule has 0 aliphatic carbocycles. The molecule has 0 saturated heterocycles. The molecule has 0 aromatic rings. The van der Waals surface area contributed by atoms with Crippen LogP contribution in [0.15, 0.2) is 0 Å². The van der Waals surface area contributed by atoms with E-state index in [1.165, 1.54) is 199 Å². The van der Waals surface area contributed by atoms with Gasteiger partial charge in [0.1, 0.15) is 0 Å². The van der Waals surface area contributed by atoms with Crippen molar-refractivity contribution in [2.45, 2.75) is 219 Å². The van der Waals surface area contributed by atoms with E-state index < -0.39 is 5.97 Å². The van der Waals surface area contributed by atoms with Crippen LogP contribution < -0.4 is 10.8 Å². The van der Waals surface area contributed by atoms with Gasteiger partial charge in [0.2, 0.25) is 0 Å². The highest BCUT2D eigenvalue weighted by molar-refractivity contribution is 5.60. The number of aliphatic hydroxyl groups excluding tert-OH is 1. The molecule has 2 atom stereocenters. The fourth-order valence-electron chi connectivity index (χ4n) is 6.94. The SMILES string of the molecule is CC(=O)[O-].CCCCCCCCCCCCCCCCC(CC(N)CO)C[N+](C)(C)CCCCCCCCCCCCCCCC. The van der Waals surface area contributed by atoms with Gasteiger partial charge in [-0.1, -0.05) is 181 Å². The molecule has 46 heavy (non-hydrogen) atoms. The molecular weight excluding hydrogens is 568 g/mol. The topological polar surface area (TPSA) is 86.4 Å². The van der Waals surface area contributed by atoms with Crippen LogP contribution >= 0.6 is 0 Å². The summed E-state index contributed by atoms with van der Waals surface area (Å²) in [6, 6.07) is -0.0531. The number of hydrogen-bond acceptors (Lipinski definition) is 4. The highest BCUT2D eigenvalue weighted by Gasteiger charge is 2.23. The Hall–Kier alpha value is -0.650. The van der Waals surface area contributed by atoms with E-state index in [2.05, 4.69) is 27.9 Å². The van der Waals surface area contributed by atoms with E-state index >= 15 is 0 Å². The minimum Gasteiger partial charge on any atom is -0.550 e. The van der Waals surface area contributed by atoms with E-state index in [0.717, 1.165) is 17.8 Å². The quantitative estimate of drug-likeness (QED) is 0.0526. The van der Waals surface area contributed by atoms with Crippen LogP contribution in [0.5, 0.6) is 0 Å². The van der Waals surface area contributed by atoms with Crippen LogP contribution in [0.2, 0.25) is 0 Å². The molecule has 5 heteroatoms. The Balaban J connectivity index is 0. The van der Waals surface area contributed by atoms with Gasteiger partial charge in [-0.25, -0.2) is 0 Å². The maximum absolute atomic E-state index is 9.59. The summed E-state index contributed by atoms with van der Waals surface area (Å²) in [5, 5.41) is 18.5. The smallest absolute Gasteiger partial charge is 0.0811 e. The van der Waals surface area contributed by atoms with Gasteiger partial charge in [-0.05, 0) is 32.6 Å². The summed E-state index contributed by atoms with van der Waals surface area (Å²) in [5.74, 6) is -0.439. The average Bonchev–Trinajstić information content (AvgIpc) is 3.00. The number of nitrogens with two attached hydrogens (primary N) is 1. The normalized spacial score (nSPS) is 12.9. The standard InChI is InChI=1S/C39H83N2O.C2H4O2/c1-5-7-9-11-13-15-17-19-21-23-25-27-29-31-33-38(35-39(40)37-42)36-41(3,4)34-32-30-28-26-24-22-20-18-16-14-12-10-8-6-2;1-2(3)4/h38-39,42H,5-37,40H2,1-4H3;1H3,(H,3,4)/q+1;/p-1. The minimum atomic E-state index is -1.08. The number of carbonyl (C=O) groups is 1. The molecular formula is C41H86N2O3. The molecule has 0 amide bonds. The summed E-state index contributed by atoms with van der Waals surface area (Å²) in [6.07, 6.45) is 42.1. The van der Waals surface area contributed by atoms with Crippen LogP contribution in [-0.2, 0) is 4.79 Å². The Morgan fingerprint density at radius 3 is 1.17 bits per heavy atom. The fraction of sp³-hybridized carbons (Fsp3) is 0.976. The molecule has 0 aliphatic rings. The van der Waals surface area contributed by atoms with Crippen LogP contribution in [0.1, 0.15) is 213 Å². The van der Waals surface area contributed by atoms with Gasteiger partial charge in [-0.15, -0.1) is 0 Å². The molecule has 0 radical (unpaired) electrons. The number of aliphatic hydroxyl groups is 1. The lowest BCUT2D eigenvalue weighted by Crippen LogP contribution is -2.45. The Labute approximate surface area is 289 Å². The second-order valence-corrected chi connectivity index (χ2v) is 15.4. The zero-order chi connectivity index (χ0) is 34.6. The average molecular weight is 655 g/mol. The molecule has 0 aromatic heterocycles. The number of carboxylic acid groups (broad SMARTS) is 1. The lowest BCUT2D eigenvalue weighted by molar-refractivity contribution is -0.894. The number of nitrogens with zero attached hydrogens (tertiary/aromatic N) is 1. The van der Waals surface area contributed by atoms with Gasteiger partial charge in [-0.3, -0.25) is 0 Å². The monoisotopic (exact) mass is 655 g/mol. The molecule has 5 nitrogen and oxygen atoms in total. The minimum absolute atomic E-state index is 0.0531. The maximum atomic E-state index is 9.59. The highest BCUT2D eigenvalue weighted by atomic mass is 16.4. The molecule has 278 valence electrons. The Kier molecular flexibility index (Phi) is 38.4. The van der Waals surface area contributed by atoms with Crippen molar-refractivity contribution in [3.63, 3.8) is 0 Å². The van der Waals surface area contributed by atoms with Crippen LogP contribution in [0, 0.1) is 5.92 Å². The number of carbonyl (C=O) groups excluding carboxylic acids is 1. The summed E-state index contributed by atoms with van der Waals surface area (Å²) >= 11 is 0. The van der Waals surface area contributed by atoms with Gasteiger partial charge in [0.15, 0.2) is 0 Å². The fourth-order valence-corrected chi connectivity index (χ4v) is 6.94. The number of quaternary nitrogens is 1. The molecule has 0 rings (SSSR count). The van der Waals surface area contributed by atoms with E-state index in [4.69, 9.17) is 15.6 Å². The van der Waals surface area contributed by atoms with Crippen LogP contribution in [0.4, 0.5) is 0 Å². The third kappa shape index (κ3) is 41.4. The van der Waals surface area contributed by atoms with Crippen molar-refractivity contribution >= 4 is 5.97 Å². The molecule has 0 spiro atoms. The van der Waals surface area contributed by atoms with E-state index in [1.54, 1.807) is 0 Å². The molecule has 3 N–H and O–H groups in total. The highest BCUT2D eigenvalue weighted by Crippen LogP contribution is 2.21. The van der Waals surface area contributed by atoms with Crippen molar-refractivity contribution < 1.29 is 19.5 Å². The summed E-state index contributed by atoms with van der Waals surface area (Å²) in [4.78, 5) is 8.89. The van der Waals surface area contributed by atoms with Crippen molar-refractivity contribution in [3.8, 4) is 0 Å². The first kappa shape index (κ1) is 47.5. The van der Waals surface area contributed by atoms with Gasteiger partial charge in [0.25, 0.3) is 0 Å². The number of unbranched alkanes of at least 4 members (excludes halogenated alkanes) is 26. The Morgan fingerprint density at radius 2 is 0.870 bits per heavy atom. The Morgan fingerprint density at radius 1 is 0.587 bits per heavy atom. The third-order valence-corrected chi connectivity index (χ3v) is 9.71. The van der Waals surface area contributed by atoms with E-state index in [9.17, 15) is 5.11 Å². The second kappa shape index (κ2) is 37.2. The van der Waals surface area contributed by atoms with Crippen molar-refractivity contribution in [2.75, 3.05) is 33.8 Å². The van der Waals surface area contributed by atoms with Gasteiger partial charge in [0.05, 0.1) is 33.8 Å². The molecule has 0 aromatic carbocycles. The third-order valence-electron chi connectivity index (χ3n) is 9.71. The lowest BCUT2D eigenvalue weighted by atomic mass is 9.92. The first-order valence-electron chi connectivity index (χ1n) is 20.5. The summed E-state index contributed by atoms with van der Waals surface area (Å²) in [5.41, 5.74) is 6.22. The number of rotatable bonds is 35. The number of hydrogen-bond donors (Lipinski definition) is 2. The van der Waals surface area contributed by atoms with Crippen molar-refractivity contribution in [3.05, 3.63) is 0 Å². The molecule has 0 aliphatic heterocycles. The van der Waals surface area contributed by atoms with Crippen molar-refractivity contribution in [1.82, 2.24) is 0 Å². The summed E-state index contributed by atoms with van der Waals surface area (Å²) in [6.45, 7) is 8.19. The Bertz CT molecular complexity index is 594. The second-order valence-electron chi connectivity index (χ2n) is 15.4. The van der Waals surface area contributed by atoms with Crippen molar-refractivity contribution in [1.29, 1.82) is 0 Å². The lowest BCUT2D eigenvalue weighted by Gasteiger charge is -2.34. The molecule has 0 saturated carbocycles. The first-order valence-corrected chi connectivity index (χ1v) is 20.5. The summed E-state index contributed by atoms with van der Waals surface area (Å²) < 4.78 is 1.11. The van der Waals surface area contributed by atoms with E-state index in [-0.39, 0.29) is 12.6 Å². The molecule has 2 unspecified atom stereocenters. The molecule has 0 heterocycles. The van der Waals surface area contributed by atoms with E-state index in [1.807, 2.05) is 0 Å². The maximum Gasteiger partial charge on any atom is 0.0811 e. The van der Waals surface area contributed by atoms with Gasteiger partial charge >= 0.3 is 0 Å². The zero-order valence-corrected chi connectivity index (χ0v) is 32.3. The predicted octanol–water partition coefficient (Wildman–Crippen LogP) is 10.5.